The van der Waals surface area contributed by atoms with Gasteiger partial charge in [0.15, 0.2) is 0 Å². The van der Waals surface area contributed by atoms with Gasteiger partial charge in [-0.2, -0.15) is 0 Å². The van der Waals surface area contributed by atoms with E-state index >= 15 is 0 Å². The molecule has 2 N–H and O–H groups in total. The molecule has 0 radical (unpaired) electrons. The van der Waals surface area contributed by atoms with Crippen molar-refractivity contribution in [1.29, 1.82) is 0 Å². The molecule has 2 rings (SSSR count). The van der Waals surface area contributed by atoms with Crippen LogP contribution in [0.25, 0.3) is 0 Å². The molecular weight excluding hydrogens is 312 g/mol. The molecule has 0 bridgehead atoms. The standard InChI is InChI=1S/C13H19BrN2OS/c1-16(11-4-2-10(15)3-5-11)13(17)7-12-6-9(14)8-18-12/h6,8,10-11H,2-5,7,15H2,1H3. The fraction of sp³-hybridized carbons (Fsp3) is 0.615. The second-order valence-electron chi connectivity index (χ2n) is 4.98. The van der Waals surface area contributed by atoms with E-state index in [1.165, 1.54) is 0 Å². The SMILES string of the molecule is CN(C(=O)Cc1cc(Br)cs1)C1CCC(N)CC1. The fourth-order valence-electron chi connectivity index (χ4n) is 2.41. The maximum Gasteiger partial charge on any atom is 0.227 e. The Morgan fingerprint density at radius 1 is 1.50 bits per heavy atom. The zero-order valence-corrected chi connectivity index (χ0v) is 13.0. The highest BCUT2D eigenvalue weighted by Crippen LogP contribution is 2.24. The number of nitrogens with two attached hydrogens (primary N) is 1. The Kier molecular flexibility index (Phi) is 4.81. The number of hydrogen-bond acceptors (Lipinski definition) is 3. The average molecular weight is 331 g/mol. The number of amides is 1. The van der Waals surface area contributed by atoms with Gasteiger partial charge in [-0.3, -0.25) is 4.79 Å². The van der Waals surface area contributed by atoms with E-state index in [1.54, 1.807) is 11.3 Å². The summed E-state index contributed by atoms with van der Waals surface area (Å²) in [6.07, 6.45) is 4.66. The second kappa shape index (κ2) is 6.17. The predicted octanol–water partition coefficient (Wildman–Crippen LogP) is 2.78. The molecule has 1 aromatic rings. The molecule has 0 aliphatic heterocycles. The minimum absolute atomic E-state index is 0.213. The van der Waals surface area contributed by atoms with Crippen LogP contribution in [0.4, 0.5) is 0 Å². The summed E-state index contributed by atoms with van der Waals surface area (Å²) in [6, 6.07) is 2.73. The Hall–Kier alpha value is -0.390. The molecule has 0 saturated heterocycles. The van der Waals surface area contributed by atoms with Crippen LogP contribution in [0.5, 0.6) is 0 Å². The van der Waals surface area contributed by atoms with E-state index in [-0.39, 0.29) is 5.91 Å². The number of halogens is 1. The summed E-state index contributed by atoms with van der Waals surface area (Å²) in [4.78, 5) is 15.2. The molecule has 100 valence electrons. The van der Waals surface area contributed by atoms with E-state index in [1.807, 2.05) is 23.4 Å². The van der Waals surface area contributed by atoms with E-state index in [0.29, 0.717) is 18.5 Å². The molecule has 0 unspecified atom stereocenters. The van der Waals surface area contributed by atoms with Gasteiger partial charge in [0, 0.05) is 33.9 Å². The topological polar surface area (TPSA) is 46.3 Å². The largest absolute Gasteiger partial charge is 0.342 e. The van der Waals surface area contributed by atoms with Gasteiger partial charge in [-0.1, -0.05) is 0 Å². The summed E-state index contributed by atoms with van der Waals surface area (Å²) in [5, 5.41) is 2.02. The van der Waals surface area contributed by atoms with Gasteiger partial charge in [-0.15, -0.1) is 11.3 Å². The molecule has 1 fully saturated rings. The van der Waals surface area contributed by atoms with Crippen LogP contribution < -0.4 is 5.73 Å². The number of thiophene rings is 1. The minimum Gasteiger partial charge on any atom is -0.342 e. The van der Waals surface area contributed by atoms with Crippen LogP contribution in [-0.2, 0) is 11.2 Å². The van der Waals surface area contributed by atoms with E-state index in [2.05, 4.69) is 15.9 Å². The first-order valence-corrected chi connectivity index (χ1v) is 7.97. The van der Waals surface area contributed by atoms with E-state index < -0.39 is 0 Å². The number of hydrogen-bond donors (Lipinski definition) is 1. The summed E-state index contributed by atoms with van der Waals surface area (Å²) < 4.78 is 1.06. The maximum absolute atomic E-state index is 12.2. The van der Waals surface area contributed by atoms with Crippen LogP contribution in [0, 0.1) is 0 Å². The molecule has 1 aliphatic carbocycles. The summed E-state index contributed by atoms with van der Waals surface area (Å²) >= 11 is 5.04. The third-order valence-electron chi connectivity index (χ3n) is 3.63. The summed E-state index contributed by atoms with van der Waals surface area (Å²) in [5.41, 5.74) is 5.89. The first-order valence-electron chi connectivity index (χ1n) is 6.30. The molecule has 0 atom stereocenters. The first kappa shape index (κ1) is 14.0. The van der Waals surface area contributed by atoms with Gasteiger partial charge in [-0.05, 0) is 47.7 Å². The number of likely N-dealkylation sites (N-methyl/N-ethyl adjacent to an activating group) is 1. The van der Waals surface area contributed by atoms with Gasteiger partial charge < -0.3 is 10.6 Å². The molecular formula is C13H19BrN2OS. The Bertz CT molecular complexity index is 413. The summed E-state index contributed by atoms with van der Waals surface area (Å²) in [5.74, 6) is 0.213. The molecule has 1 amide bonds. The molecule has 3 nitrogen and oxygen atoms in total. The minimum atomic E-state index is 0.213. The van der Waals surface area contributed by atoms with Crippen molar-refractivity contribution in [3.63, 3.8) is 0 Å². The van der Waals surface area contributed by atoms with Crippen LogP contribution in [0.2, 0.25) is 0 Å². The van der Waals surface area contributed by atoms with Gasteiger partial charge in [0.2, 0.25) is 5.91 Å². The van der Waals surface area contributed by atoms with Crippen LogP contribution in [-0.4, -0.2) is 29.9 Å². The number of carbonyl (C=O) groups is 1. The number of nitrogens with zero attached hydrogens (tertiary/aromatic N) is 1. The molecule has 1 aliphatic rings. The Morgan fingerprint density at radius 2 is 2.17 bits per heavy atom. The fourth-order valence-corrected chi connectivity index (χ4v) is 3.85. The van der Waals surface area contributed by atoms with E-state index in [0.717, 1.165) is 35.0 Å². The van der Waals surface area contributed by atoms with Crippen molar-refractivity contribution in [1.82, 2.24) is 4.90 Å². The van der Waals surface area contributed by atoms with Crippen molar-refractivity contribution < 1.29 is 4.79 Å². The smallest absolute Gasteiger partial charge is 0.227 e. The maximum atomic E-state index is 12.2. The number of carbonyl (C=O) groups excluding carboxylic acids is 1. The molecule has 1 heterocycles. The average Bonchev–Trinajstić information content (AvgIpc) is 2.75. The van der Waals surface area contributed by atoms with Crippen molar-refractivity contribution in [3.8, 4) is 0 Å². The molecule has 1 saturated carbocycles. The van der Waals surface area contributed by atoms with Crippen LogP contribution in [0.1, 0.15) is 30.6 Å². The van der Waals surface area contributed by atoms with E-state index in [4.69, 9.17) is 5.73 Å². The highest BCUT2D eigenvalue weighted by molar-refractivity contribution is 9.10. The summed E-state index contributed by atoms with van der Waals surface area (Å²) in [6.45, 7) is 0. The van der Waals surface area contributed by atoms with Crippen LogP contribution in [0.15, 0.2) is 15.9 Å². The molecule has 5 heteroatoms. The third kappa shape index (κ3) is 3.56. The lowest BCUT2D eigenvalue weighted by molar-refractivity contribution is -0.131. The quantitative estimate of drug-likeness (QED) is 0.926. The zero-order valence-electron chi connectivity index (χ0n) is 10.6. The van der Waals surface area contributed by atoms with Gasteiger partial charge >= 0.3 is 0 Å². The van der Waals surface area contributed by atoms with Gasteiger partial charge in [0.1, 0.15) is 0 Å². The molecule has 1 aromatic heterocycles. The predicted molar refractivity (Wildman–Crippen MR) is 78.7 cm³/mol. The lowest BCUT2D eigenvalue weighted by Gasteiger charge is -2.33. The van der Waals surface area contributed by atoms with Crippen molar-refractivity contribution in [3.05, 3.63) is 20.8 Å². The highest BCUT2D eigenvalue weighted by atomic mass is 79.9. The normalized spacial score (nSPS) is 23.9. The second-order valence-corrected chi connectivity index (χ2v) is 6.89. The Morgan fingerprint density at radius 3 is 2.72 bits per heavy atom. The van der Waals surface area contributed by atoms with Gasteiger partial charge in [0.25, 0.3) is 0 Å². The van der Waals surface area contributed by atoms with Crippen LogP contribution in [0.3, 0.4) is 0 Å². The van der Waals surface area contributed by atoms with Crippen molar-refractivity contribution in [2.75, 3.05) is 7.05 Å². The van der Waals surface area contributed by atoms with Gasteiger partial charge in [0.05, 0.1) is 6.42 Å². The van der Waals surface area contributed by atoms with Gasteiger partial charge in [-0.25, -0.2) is 0 Å². The highest BCUT2D eigenvalue weighted by Gasteiger charge is 2.25. The summed E-state index contributed by atoms with van der Waals surface area (Å²) in [7, 11) is 1.92. The van der Waals surface area contributed by atoms with E-state index in [9.17, 15) is 4.79 Å². The Balaban J connectivity index is 1.88. The Labute approximate surface area is 120 Å². The van der Waals surface area contributed by atoms with Crippen LogP contribution >= 0.6 is 27.3 Å². The van der Waals surface area contributed by atoms with Crippen molar-refractivity contribution in [2.45, 2.75) is 44.2 Å². The first-order chi connectivity index (χ1) is 8.56. The third-order valence-corrected chi connectivity index (χ3v) is 5.33. The lowest BCUT2D eigenvalue weighted by Crippen LogP contribution is -2.42. The lowest BCUT2D eigenvalue weighted by atomic mass is 9.91. The van der Waals surface area contributed by atoms with Crippen molar-refractivity contribution >= 4 is 33.2 Å². The zero-order chi connectivity index (χ0) is 13.1. The monoisotopic (exact) mass is 330 g/mol. The van der Waals surface area contributed by atoms with Crippen molar-refractivity contribution in [2.24, 2.45) is 5.73 Å². The number of rotatable bonds is 3. The molecule has 0 spiro atoms. The molecule has 0 aromatic carbocycles. The molecule has 18 heavy (non-hydrogen) atoms.